The van der Waals surface area contributed by atoms with Crippen LogP contribution in [0, 0.1) is 5.92 Å². The maximum atomic E-state index is 12.6. The first-order valence-electron chi connectivity index (χ1n) is 9.28. The smallest absolute Gasteiger partial charge is 0.312 e. The Morgan fingerprint density at radius 3 is 2.44 bits per heavy atom. The number of benzene rings is 1. The molecule has 1 aliphatic carbocycles. The number of anilines is 1. The summed E-state index contributed by atoms with van der Waals surface area (Å²) in [4.78, 5) is 27.2. The van der Waals surface area contributed by atoms with Crippen LogP contribution in [0.3, 0.4) is 0 Å². The van der Waals surface area contributed by atoms with E-state index in [0.29, 0.717) is 11.3 Å². The monoisotopic (exact) mass is 373 g/mol. The fraction of sp³-hybridized carbons (Fsp3) is 0.500. The average Bonchev–Trinajstić information content (AvgIpc) is 3.00. The van der Waals surface area contributed by atoms with Crippen molar-refractivity contribution in [3.63, 3.8) is 0 Å². The number of carbonyl (C=O) groups excluding carboxylic acids is 1. The first-order chi connectivity index (χ1) is 12.8. The Morgan fingerprint density at radius 2 is 1.89 bits per heavy atom. The second-order valence-electron chi connectivity index (χ2n) is 7.25. The van der Waals surface area contributed by atoms with E-state index in [4.69, 9.17) is 4.74 Å². The highest BCUT2D eigenvalue weighted by molar-refractivity contribution is 5.77. The lowest BCUT2D eigenvalue weighted by Gasteiger charge is -2.40. The molecule has 0 bridgehead atoms. The van der Waals surface area contributed by atoms with Crippen molar-refractivity contribution in [2.45, 2.75) is 38.7 Å². The number of esters is 1. The summed E-state index contributed by atoms with van der Waals surface area (Å²) in [5, 5.41) is 16.4. The van der Waals surface area contributed by atoms with Gasteiger partial charge in [0.1, 0.15) is 0 Å². The topological polar surface area (TPSA) is 98.4 Å². The van der Waals surface area contributed by atoms with E-state index in [0.717, 1.165) is 24.3 Å². The molecule has 1 heterocycles. The van der Waals surface area contributed by atoms with Crippen molar-refractivity contribution >= 4 is 11.7 Å². The molecule has 7 heteroatoms. The number of ether oxygens (including phenoxy) is 1. The lowest BCUT2D eigenvalue weighted by atomic mass is 9.66. The molecule has 1 aromatic heterocycles. The third-order valence-corrected chi connectivity index (χ3v) is 5.58. The molecule has 0 spiro atoms. The molecule has 27 heavy (non-hydrogen) atoms. The third kappa shape index (κ3) is 3.27. The van der Waals surface area contributed by atoms with Crippen molar-refractivity contribution in [3.8, 4) is 0 Å². The number of carbonyl (C=O) groups is 1. The lowest BCUT2D eigenvalue weighted by Crippen LogP contribution is -2.49. The number of nitrogens with one attached hydrogen (secondary N) is 2. The van der Waals surface area contributed by atoms with Crippen molar-refractivity contribution < 1.29 is 14.6 Å². The van der Waals surface area contributed by atoms with Gasteiger partial charge in [-0.05, 0) is 38.5 Å². The maximum absolute atomic E-state index is 12.6. The zero-order valence-electron chi connectivity index (χ0n) is 16.2. The Bertz CT molecular complexity index is 862. The van der Waals surface area contributed by atoms with Crippen LogP contribution in [0.4, 0.5) is 5.69 Å². The zero-order chi connectivity index (χ0) is 19.8. The maximum Gasteiger partial charge on any atom is 0.312 e. The number of hydrogen-bond acceptors (Lipinski definition) is 5. The predicted molar refractivity (Wildman–Crippen MR) is 103 cm³/mol. The van der Waals surface area contributed by atoms with E-state index in [9.17, 15) is 14.7 Å². The lowest BCUT2D eigenvalue weighted by molar-refractivity contribution is -0.156. The van der Waals surface area contributed by atoms with Gasteiger partial charge >= 0.3 is 5.97 Å². The van der Waals surface area contributed by atoms with Gasteiger partial charge in [-0.1, -0.05) is 12.1 Å². The molecule has 3 rings (SSSR count). The molecule has 0 fully saturated rings. The van der Waals surface area contributed by atoms with Gasteiger partial charge in [0, 0.05) is 42.4 Å². The Balaban J connectivity index is 2.13. The molecule has 0 aliphatic heterocycles. The molecule has 0 amide bonds. The van der Waals surface area contributed by atoms with E-state index in [1.165, 1.54) is 7.11 Å². The molecule has 1 aromatic carbocycles. The van der Waals surface area contributed by atoms with E-state index < -0.39 is 23.4 Å². The summed E-state index contributed by atoms with van der Waals surface area (Å²) < 4.78 is 4.98. The Hall–Kier alpha value is -2.54. The zero-order valence-corrected chi connectivity index (χ0v) is 16.2. The fourth-order valence-electron chi connectivity index (χ4n) is 4.22. The summed E-state index contributed by atoms with van der Waals surface area (Å²) in [5.41, 5.74) is 1.38. The predicted octanol–water partition coefficient (Wildman–Crippen LogP) is 1.78. The number of aromatic amines is 2. The van der Waals surface area contributed by atoms with Gasteiger partial charge in [-0.3, -0.25) is 14.7 Å². The number of nitrogens with zero attached hydrogens (tertiary/aromatic N) is 1. The molecular weight excluding hydrogens is 346 g/mol. The number of H-pyrrole nitrogens is 2. The van der Waals surface area contributed by atoms with Crippen molar-refractivity contribution in [3.05, 3.63) is 51.4 Å². The molecule has 0 radical (unpaired) electrons. The highest BCUT2D eigenvalue weighted by atomic mass is 16.5. The first kappa shape index (κ1) is 19.2. The van der Waals surface area contributed by atoms with E-state index in [1.54, 1.807) is 6.92 Å². The Morgan fingerprint density at radius 1 is 1.26 bits per heavy atom. The van der Waals surface area contributed by atoms with Gasteiger partial charge in [-0.2, -0.15) is 0 Å². The van der Waals surface area contributed by atoms with Gasteiger partial charge < -0.3 is 19.8 Å². The minimum atomic E-state index is -1.34. The molecule has 3 atom stereocenters. The highest BCUT2D eigenvalue weighted by Gasteiger charge is 2.51. The van der Waals surface area contributed by atoms with Crippen LogP contribution >= 0.6 is 0 Å². The second kappa shape index (κ2) is 7.23. The summed E-state index contributed by atoms with van der Waals surface area (Å²) in [6.45, 7) is 7.57. The molecule has 3 N–H and O–H groups in total. The molecule has 0 saturated heterocycles. The van der Waals surface area contributed by atoms with Crippen LogP contribution in [0.15, 0.2) is 29.1 Å². The number of aliphatic hydroxyl groups is 1. The van der Waals surface area contributed by atoms with E-state index in [-0.39, 0.29) is 12.0 Å². The second-order valence-corrected chi connectivity index (χ2v) is 7.25. The summed E-state index contributed by atoms with van der Waals surface area (Å²) >= 11 is 0. The van der Waals surface area contributed by atoms with Crippen molar-refractivity contribution in [2.24, 2.45) is 5.92 Å². The average molecular weight is 373 g/mol. The van der Waals surface area contributed by atoms with Gasteiger partial charge in [0.15, 0.2) is 0 Å². The van der Waals surface area contributed by atoms with Crippen LogP contribution in [0.25, 0.3) is 0 Å². The van der Waals surface area contributed by atoms with Crippen LogP contribution < -0.4 is 10.5 Å². The minimum Gasteiger partial charge on any atom is -0.469 e. The largest absolute Gasteiger partial charge is 0.469 e. The third-order valence-electron chi connectivity index (χ3n) is 5.58. The van der Waals surface area contributed by atoms with Crippen molar-refractivity contribution in [1.29, 1.82) is 0 Å². The fourth-order valence-corrected chi connectivity index (χ4v) is 4.22. The summed E-state index contributed by atoms with van der Waals surface area (Å²) in [7, 11) is 1.30. The van der Waals surface area contributed by atoms with Gasteiger partial charge in [-0.15, -0.1) is 0 Å². The van der Waals surface area contributed by atoms with E-state index in [2.05, 4.69) is 28.9 Å². The van der Waals surface area contributed by atoms with Gasteiger partial charge in [0.25, 0.3) is 5.56 Å². The number of rotatable bonds is 5. The Labute approximate surface area is 158 Å². The van der Waals surface area contributed by atoms with Crippen molar-refractivity contribution in [1.82, 2.24) is 10.2 Å². The van der Waals surface area contributed by atoms with E-state index in [1.807, 2.05) is 24.3 Å². The standard InChI is InChI=1S/C20H27N3O4/c1-5-23(6-2)13-9-7-12(8-10-13)15-16-14(21-22-18(16)24)11-20(3,26)17(15)19(25)27-4/h7-10,15,17,26H,5-6,11H2,1-4H3,(H2,21,22,24)/t15-,17-,20-/m0/s1. The van der Waals surface area contributed by atoms with Gasteiger partial charge in [0.05, 0.1) is 18.6 Å². The highest BCUT2D eigenvalue weighted by Crippen LogP contribution is 2.44. The number of fused-ring (bicyclic) bond motifs is 1. The molecule has 7 nitrogen and oxygen atoms in total. The molecule has 0 unspecified atom stereocenters. The molecule has 146 valence electrons. The van der Waals surface area contributed by atoms with E-state index >= 15 is 0 Å². The van der Waals surface area contributed by atoms with Crippen LogP contribution in [0.5, 0.6) is 0 Å². The van der Waals surface area contributed by atoms with Gasteiger partial charge in [0.2, 0.25) is 0 Å². The number of hydrogen-bond donors (Lipinski definition) is 3. The summed E-state index contributed by atoms with van der Waals surface area (Å²) in [5.74, 6) is -1.98. The minimum absolute atomic E-state index is 0.175. The summed E-state index contributed by atoms with van der Waals surface area (Å²) in [6.07, 6.45) is 0.175. The van der Waals surface area contributed by atoms with Crippen LogP contribution in [-0.2, 0) is 16.0 Å². The van der Waals surface area contributed by atoms with Crippen LogP contribution in [0.2, 0.25) is 0 Å². The van der Waals surface area contributed by atoms with Gasteiger partial charge in [-0.25, -0.2) is 0 Å². The molecule has 1 aliphatic rings. The number of methoxy groups -OCH3 is 1. The van der Waals surface area contributed by atoms with Crippen molar-refractivity contribution in [2.75, 3.05) is 25.1 Å². The van der Waals surface area contributed by atoms with Crippen LogP contribution in [-0.4, -0.2) is 47.1 Å². The molecule has 0 saturated carbocycles. The van der Waals surface area contributed by atoms with Crippen LogP contribution in [0.1, 0.15) is 43.5 Å². The quantitative estimate of drug-likeness (QED) is 0.694. The Kier molecular flexibility index (Phi) is 5.15. The molecule has 2 aromatic rings. The first-order valence-corrected chi connectivity index (χ1v) is 9.28. The number of aromatic nitrogens is 2. The summed E-state index contributed by atoms with van der Waals surface area (Å²) in [6, 6.07) is 7.82. The SMILES string of the molecule is CCN(CC)c1ccc([C@H]2c3c([nH][nH]c3=O)C[C@](C)(O)[C@@H]2C(=O)OC)cc1. The molecular formula is C20H27N3O4. The normalized spacial score (nSPS) is 24.3.